The lowest BCUT2D eigenvalue weighted by molar-refractivity contribution is 0.184. The highest BCUT2D eigenvalue weighted by molar-refractivity contribution is 9.10. The first-order valence-corrected chi connectivity index (χ1v) is 7.46. The van der Waals surface area contributed by atoms with E-state index >= 15 is 0 Å². The molecule has 1 aliphatic carbocycles. The summed E-state index contributed by atoms with van der Waals surface area (Å²) in [6.45, 7) is 1.83. The summed E-state index contributed by atoms with van der Waals surface area (Å²) in [7, 11) is 0. The highest BCUT2D eigenvalue weighted by atomic mass is 79.9. The number of aliphatic hydroxyl groups is 1. The second-order valence-corrected chi connectivity index (χ2v) is 5.89. The molecule has 3 rings (SSSR count). The van der Waals surface area contributed by atoms with E-state index in [2.05, 4.69) is 44.0 Å². The van der Waals surface area contributed by atoms with Crippen LogP contribution in [0.1, 0.15) is 18.4 Å². The standard InChI is InChI=1S/C15H17BrN2O/c16-14-6-3-11(15-13(14)2-1-7-17-15)10-18(8-9-19)12-4-5-12/h1-3,6-7,12,19H,4-5,8-10H2. The molecule has 1 aliphatic rings. The molecule has 2 aromatic rings. The van der Waals surface area contributed by atoms with Gasteiger partial charge in [0.15, 0.2) is 0 Å². The molecule has 0 saturated heterocycles. The van der Waals surface area contributed by atoms with Crippen LogP contribution in [0.5, 0.6) is 0 Å². The molecule has 1 N–H and O–H groups in total. The molecule has 100 valence electrons. The third kappa shape index (κ3) is 2.81. The van der Waals surface area contributed by atoms with Crippen LogP contribution in [0.15, 0.2) is 34.9 Å². The summed E-state index contributed by atoms with van der Waals surface area (Å²) < 4.78 is 1.08. The van der Waals surface area contributed by atoms with Crippen LogP contribution in [-0.2, 0) is 6.54 Å². The lowest BCUT2D eigenvalue weighted by Crippen LogP contribution is -2.28. The number of hydrogen-bond acceptors (Lipinski definition) is 3. The molecule has 1 heterocycles. The molecule has 0 atom stereocenters. The maximum Gasteiger partial charge on any atom is 0.0758 e. The van der Waals surface area contributed by atoms with Crippen molar-refractivity contribution in [2.45, 2.75) is 25.4 Å². The number of pyridine rings is 1. The molecule has 3 nitrogen and oxygen atoms in total. The van der Waals surface area contributed by atoms with E-state index in [1.165, 1.54) is 18.4 Å². The van der Waals surface area contributed by atoms with Gasteiger partial charge in [-0.05, 0) is 30.5 Å². The Morgan fingerprint density at radius 1 is 1.32 bits per heavy atom. The predicted octanol–water partition coefficient (Wildman–Crippen LogP) is 2.95. The molecule has 0 unspecified atom stereocenters. The zero-order chi connectivity index (χ0) is 13.2. The molecule has 0 bridgehead atoms. The zero-order valence-electron chi connectivity index (χ0n) is 10.7. The van der Waals surface area contributed by atoms with E-state index in [-0.39, 0.29) is 6.61 Å². The fourth-order valence-corrected chi connectivity index (χ4v) is 2.95. The first kappa shape index (κ1) is 13.0. The molecule has 1 saturated carbocycles. The summed E-state index contributed by atoms with van der Waals surface area (Å²) >= 11 is 3.58. The fraction of sp³-hybridized carbons (Fsp3) is 0.400. The van der Waals surface area contributed by atoms with Crippen molar-refractivity contribution in [3.63, 3.8) is 0 Å². The van der Waals surface area contributed by atoms with Crippen molar-refractivity contribution in [1.29, 1.82) is 0 Å². The van der Waals surface area contributed by atoms with Gasteiger partial charge in [0.1, 0.15) is 0 Å². The van der Waals surface area contributed by atoms with E-state index in [0.29, 0.717) is 6.04 Å². The molecule has 0 radical (unpaired) electrons. The average molecular weight is 321 g/mol. The molecule has 1 fully saturated rings. The van der Waals surface area contributed by atoms with Gasteiger partial charge in [0.25, 0.3) is 0 Å². The van der Waals surface area contributed by atoms with Gasteiger partial charge in [-0.1, -0.05) is 28.1 Å². The number of rotatable bonds is 5. The van der Waals surface area contributed by atoms with Crippen molar-refractivity contribution < 1.29 is 5.11 Å². The summed E-state index contributed by atoms with van der Waals surface area (Å²) in [6, 6.07) is 8.91. The Kier molecular flexibility index (Phi) is 3.82. The number of halogens is 1. The Balaban J connectivity index is 1.93. The molecule has 4 heteroatoms. The van der Waals surface area contributed by atoms with Gasteiger partial charge in [-0.2, -0.15) is 0 Å². The molecule has 0 spiro atoms. The van der Waals surface area contributed by atoms with E-state index in [1.54, 1.807) is 0 Å². The van der Waals surface area contributed by atoms with Crippen LogP contribution >= 0.6 is 15.9 Å². The van der Waals surface area contributed by atoms with Gasteiger partial charge in [-0.15, -0.1) is 0 Å². The minimum atomic E-state index is 0.221. The predicted molar refractivity (Wildman–Crippen MR) is 80.0 cm³/mol. The fourth-order valence-electron chi connectivity index (χ4n) is 2.50. The van der Waals surface area contributed by atoms with Crippen LogP contribution in [0.25, 0.3) is 10.9 Å². The first-order chi connectivity index (χ1) is 9.29. The Hall–Kier alpha value is -0.970. The molecule has 0 amide bonds. The van der Waals surface area contributed by atoms with Gasteiger partial charge < -0.3 is 5.11 Å². The van der Waals surface area contributed by atoms with Crippen LogP contribution in [0, 0.1) is 0 Å². The summed E-state index contributed by atoms with van der Waals surface area (Å²) in [5, 5.41) is 10.3. The van der Waals surface area contributed by atoms with Crippen LogP contribution in [0.2, 0.25) is 0 Å². The Morgan fingerprint density at radius 2 is 2.16 bits per heavy atom. The molecule has 1 aromatic heterocycles. The Morgan fingerprint density at radius 3 is 2.89 bits per heavy atom. The van der Waals surface area contributed by atoms with Crippen LogP contribution < -0.4 is 0 Å². The topological polar surface area (TPSA) is 36.4 Å². The second-order valence-electron chi connectivity index (χ2n) is 5.03. The van der Waals surface area contributed by atoms with E-state index in [4.69, 9.17) is 0 Å². The van der Waals surface area contributed by atoms with Gasteiger partial charge >= 0.3 is 0 Å². The van der Waals surface area contributed by atoms with Crippen LogP contribution in [0.4, 0.5) is 0 Å². The first-order valence-electron chi connectivity index (χ1n) is 6.66. The number of hydrogen-bond donors (Lipinski definition) is 1. The molecular formula is C15H17BrN2O. The van der Waals surface area contributed by atoms with Crippen molar-refractivity contribution in [2.75, 3.05) is 13.2 Å². The number of aliphatic hydroxyl groups excluding tert-OH is 1. The smallest absolute Gasteiger partial charge is 0.0758 e. The van der Waals surface area contributed by atoms with Crippen molar-refractivity contribution >= 4 is 26.8 Å². The van der Waals surface area contributed by atoms with Gasteiger partial charge in [0.2, 0.25) is 0 Å². The van der Waals surface area contributed by atoms with Gasteiger partial charge in [-0.3, -0.25) is 9.88 Å². The summed E-state index contributed by atoms with van der Waals surface area (Å²) in [5.41, 5.74) is 2.29. The number of fused-ring (bicyclic) bond motifs is 1. The molecule has 0 aliphatic heterocycles. The minimum Gasteiger partial charge on any atom is -0.395 e. The second kappa shape index (κ2) is 5.57. The van der Waals surface area contributed by atoms with Crippen molar-refractivity contribution in [3.8, 4) is 0 Å². The highest BCUT2D eigenvalue weighted by Gasteiger charge is 2.28. The molecule has 19 heavy (non-hydrogen) atoms. The lowest BCUT2D eigenvalue weighted by atomic mass is 10.1. The number of benzene rings is 1. The monoisotopic (exact) mass is 320 g/mol. The van der Waals surface area contributed by atoms with Crippen molar-refractivity contribution in [3.05, 3.63) is 40.5 Å². The normalized spacial score (nSPS) is 15.3. The quantitative estimate of drug-likeness (QED) is 0.920. The van der Waals surface area contributed by atoms with Crippen LogP contribution in [0.3, 0.4) is 0 Å². The van der Waals surface area contributed by atoms with E-state index in [9.17, 15) is 5.11 Å². The maximum absolute atomic E-state index is 9.18. The third-order valence-electron chi connectivity index (χ3n) is 3.62. The van der Waals surface area contributed by atoms with Crippen LogP contribution in [-0.4, -0.2) is 34.2 Å². The van der Waals surface area contributed by atoms with Gasteiger partial charge in [0, 0.05) is 35.2 Å². The summed E-state index contributed by atoms with van der Waals surface area (Å²) in [4.78, 5) is 6.87. The SMILES string of the molecule is OCCN(Cc1ccc(Br)c2cccnc12)C1CC1. The van der Waals surface area contributed by atoms with Crippen molar-refractivity contribution in [1.82, 2.24) is 9.88 Å². The average Bonchev–Trinajstić information content (AvgIpc) is 3.26. The Labute approximate surface area is 121 Å². The largest absolute Gasteiger partial charge is 0.395 e. The summed E-state index contributed by atoms with van der Waals surface area (Å²) in [6.07, 6.45) is 4.34. The van der Waals surface area contributed by atoms with Gasteiger partial charge in [0.05, 0.1) is 12.1 Å². The maximum atomic E-state index is 9.18. The zero-order valence-corrected chi connectivity index (χ0v) is 12.3. The van der Waals surface area contributed by atoms with Gasteiger partial charge in [-0.25, -0.2) is 0 Å². The van der Waals surface area contributed by atoms with E-state index < -0.39 is 0 Å². The lowest BCUT2D eigenvalue weighted by Gasteiger charge is -2.21. The third-order valence-corrected chi connectivity index (χ3v) is 4.32. The Bertz CT molecular complexity index is 583. The molecular weight excluding hydrogens is 304 g/mol. The van der Waals surface area contributed by atoms with E-state index in [1.807, 2.05) is 12.3 Å². The van der Waals surface area contributed by atoms with E-state index in [0.717, 1.165) is 28.5 Å². The summed E-state index contributed by atoms with van der Waals surface area (Å²) in [5.74, 6) is 0. The molecule has 1 aromatic carbocycles. The number of nitrogens with zero attached hydrogens (tertiary/aromatic N) is 2. The number of aromatic nitrogens is 1. The minimum absolute atomic E-state index is 0.221. The van der Waals surface area contributed by atoms with Crippen molar-refractivity contribution in [2.24, 2.45) is 0 Å². The highest BCUT2D eigenvalue weighted by Crippen LogP contribution is 2.30.